The van der Waals surface area contributed by atoms with Crippen molar-refractivity contribution in [2.24, 2.45) is 29.6 Å². The Bertz CT molecular complexity index is 3260. The van der Waals surface area contributed by atoms with Gasteiger partial charge in [0.05, 0.1) is 0 Å². The third-order valence-electron chi connectivity index (χ3n) is 17.9. The Balaban J connectivity index is 0.000000377. The summed E-state index contributed by atoms with van der Waals surface area (Å²) >= 11 is 0. The molecular weight excluding hydrogens is 877 g/mol. The molecule has 0 N–H and O–H groups in total. The summed E-state index contributed by atoms with van der Waals surface area (Å²) in [6.45, 7) is 0. The first-order chi connectivity index (χ1) is 36.1. The number of allylic oxidation sites excluding steroid dienone is 26. The summed E-state index contributed by atoms with van der Waals surface area (Å²) in [5, 5.41) is 0. The maximum atomic E-state index is 2.60. The fraction of sp³-hybridized carbons (Fsp3) is 0.233. The topological polar surface area (TPSA) is 0 Å². The van der Waals surface area contributed by atoms with Crippen LogP contribution in [0.4, 0.5) is 0 Å². The van der Waals surface area contributed by atoms with Gasteiger partial charge in [0.25, 0.3) is 0 Å². The molecule has 5 aromatic rings. The van der Waals surface area contributed by atoms with Crippen LogP contribution in [0.2, 0.25) is 0 Å². The van der Waals surface area contributed by atoms with Crippen molar-refractivity contribution in [3.8, 4) is 11.1 Å². The molecule has 8 unspecified atom stereocenters. The van der Waals surface area contributed by atoms with Gasteiger partial charge >= 0.3 is 0 Å². The molecule has 9 aliphatic rings. The Morgan fingerprint density at radius 3 is 2.04 bits per heavy atom. The lowest BCUT2D eigenvalue weighted by Gasteiger charge is -2.26. The number of hydrogen-bond acceptors (Lipinski definition) is 0. The van der Waals surface area contributed by atoms with Gasteiger partial charge in [-0.25, -0.2) is 0 Å². The molecule has 0 nitrogen and oxygen atoms in total. The molecule has 8 atom stereocenters. The van der Waals surface area contributed by atoms with Crippen LogP contribution in [0.3, 0.4) is 0 Å². The van der Waals surface area contributed by atoms with Gasteiger partial charge in [-0.3, -0.25) is 0 Å². The highest BCUT2D eigenvalue weighted by atomic mass is 14.7. The molecule has 9 aliphatic carbocycles. The molecule has 3 fully saturated rings. The van der Waals surface area contributed by atoms with E-state index in [1.165, 1.54) is 75.8 Å². The van der Waals surface area contributed by atoms with Crippen molar-refractivity contribution >= 4 is 5.57 Å². The highest BCUT2D eigenvalue weighted by Crippen LogP contribution is 2.68. The van der Waals surface area contributed by atoms with Gasteiger partial charge < -0.3 is 0 Å². The van der Waals surface area contributed by atoms with Crippen LogP contribution in [0.25, 0.3) is 16.7 Å². The zero-order valence-electron chi connectivity index (χ0n) is 42.1. The average Bonchev–Trinajstić information content (AvgIpc) is 4.37. The Morgan fingerprint density at radius 2 is 1.32 bits per heavy atom. The van der Waals surface area contributed by atoms with Crippen molar-refractivity contribution < 1.29 is 0 Å². The van der Waals surface area contributed by atoms with Crippen molar-refractivity contribution in [3.05, 3.63) is 316 Å². The van der Waals surface area contributed by atoms with Crippen LogP contribution in [0.5, 0.6) is 0 Å². The van der Waals surface area contributed by atoms with Gasteiger partial charge in [0, 0.05) is 22.7 Å². The molecule has 0 saturated heterocycles. The van der Waals surface area contributed by atoms with Gasteiger partial charge in [0.15, 0.2) is 0 Å². The molecule has 0 radical (unpaired) electrons. The van der Waals surface area contributed by atoms with E-state index in [1.807, 2.05) is 12.1 Å². The van der Waals surface area contributed by atoms with Crippen LogP contribution in [0, 0.1) is 29.6 Å². The summed E-state index contributed by atoms with van der Waals surface area (Å²) in [5.74, 6) is 3.62. The molecule has 0 aromatic heterocycles. The van der Waals surface area contributed by atoms with Crippen molar-refractivity contribution in [2.45, 2.75) is 74.5 Å². The predicted molar refractivity (Wildman–Crippen MR) is 307 cm³/mol. The van der Waals surface area contributed by atoms with E-state index in [-0.39, 0.29) is 10.8 Å². The SMILES string of the molecule is C1=CC2=C(CCCC3=CC4CC4(c4ccccc4)C=C3)C=CC3(c4ccc(C(CC5=CC=C(C6=CC=CC7CC67)CC5)C5=CC=C(c6ccccc6)C=CC5)cc4)C(C=C1)C23.c1ccc(-c2ccccc2)cc1. The van der Waals surface area contributed by atoms with Gasteiger partial charge in [-0.2, -0.15) is 0 Å². The smallest absolute Gasteiger partial charge is 0.0279 e. The largest absolute Gasteiger partial charge is 0.0808 e. The van der Waals surface area contributed by atoms with Gasteiger partial charge in [0.2, 0.25) is 0 Å². The van der Waals surface area contributed by atoms with E-state index in [1.54, 1.807) is 27.9 Å². The molecule has 0 bridgehead atoms. The first kappa shape index (κ1) is 45.6. The van der Waals surface area contributed by atoms with Crippen LogP contribution < -0.4 is 0 Å². The monoisotopic (exact) mass is 943 g/mol. The quantitative estimate of drug-likeness (QED) is 0.110. The maximum absolute atomic E-state index is 2.60. The highest BCUT2D eigenvalue weighted by molar-refractivity contribution is 5.76. The molecule has 358 valence electrons. The summed E-state index contributed by atoms with van der Waals surface area (Å²) in [5.41, 5.74) is 20.8. The summed E-state index contributed by atoms with van der Waals surface area (Å²) in [4.78, 5) is 0. The minimum Gasteiger partial charge on any atom is -0.0808 e. The van der Waals surface area contributed by atoms with E-state index in [0.717, 1.165) is 43.9 Å². The van der Waals surface area contributed by atoms with Crippen LogP contribution in [0.1, 0.15) is 86.0 Å². The molecule has 5 aromatic carbocycles. The lowest BCUT2D eigenvalue weighted by atomic mass is 9.78. The minimum atomic E-state index is 0.0593. The van der Waals surface area contributed by atoms with Crippen LogP contribution in [-0.4, -0.2) is 0 Å². The first-order valence-electron chi connectivity index (χ1n) is 27.5. The normalized spacial score (nSPS) is 27.7. The molecule has 0 heterocycles. The van der Waals surface area contributed by atoms with Crippen molar-refractivity contribution in [1.29, 1.82) is 0 Å². The van der Waals surface area contributed by atoms with E-state index in [2.05, 4.69) is 243 Å². The first-order valence-corrected chi connectivity index (χ1v) is 27.5. The van der Waals surface area contributed by atoms with Crippen molar-refractivity contribution in [2.75, 3.05) is 0 Å². The molecule has 0 aliphatic heterocycles. The lowest BCUT2D eigenvalue weighted by molar-refractivity contribution is 0.713. The van der Waals surface area contributed by atoms with Crippen molar-refractivity contribution in [1.82, 2.24) is 0 Å². The van der Waals surface area contributed by atoms with E-state index in [9.17, 15) is 0 Å². The van der Waals surface area contributed by atoms with Gasteiger partial charge in [-0.05, 0) is 143 Å². The molecule has 14 rings (SSSR count). The summed E-state index contributed by atoms with van der Waals surface area (Å²) in [6.07, 6.45) is 54.2. The second-order valence-corrected chi connectivity index (χ2v) is 22.1. The highest BCUT2D eigenvalue weighted by Gasteiger charge is 2.65. The number of rotatable bonds is 13. The summed E-state index contributed by atoms with van der Waals surface area (Å²) in [7, 11) is 0. The number of benzene rings is 5. The lowest BCUT2D eigenvalue weighted by Crippen LogP contribution is -2.14. The standard InChI is InChI=1S/C61H56.C12H10/c1-3-13-44(14-4-1)45-15-10-17-46(29-28-45)56(39-43-24-26-48(27-25-43)54-22-11-18-50-40-57(50)54)49-30-32-52(33-31-49)61-37-35-47(55-21-7-8-23-58(61)59(55)61)16-9-12-42-34-36-60(41-53(60)38-42)51-19-5-2-6-20-51;1-3-7-11(8-4-1)12-9-5-2-6-10-12/h1-8,10-11,13-15,18-24,26,28-38,50,53,56-59H,9,12,16-17,25,27,39-41H2;1-10H. The maximum Gasteiger partial charge on any atom is 0.0279 e. The molecule has 73 heavy (non-hydrogen) atoms. The second-order valence-electron chi connectivity index (χ2n) is 22.1. The second kappa shape index (κ2) is 19.6. The predicted octanol–water partition coefficient (Wildman–Crippen LogP) is 18.4. The van der Waals surface area contributed by atoms with Crippen LogP contribution >= 0.6 is 0 Å². The Kier molecular flexibility index (Phi) is 12.3. The zero-order valence-corrected chi connectivity index (χ0v) is 42.1. The van der Waals surface area contributed by atoms with Gasteiger partial charge in [0.1, 0.15) is 0 Å². The van der Waals surface area contributed by atoms with Crippen molar-refractivity contribution in [3.63, 3.8) is 0 Å². The molecule has 0 heteroatoms. The van der Waals surface area contributed by atoms with E-state index >= 15 is 0 Å². The number of hydrogen-bond donors (Lipinski definition) is 0. The molecule has 0 amide bonds. The Labute approximate surface area is 434 Å². The average molecular weight is 943 g/mol. The minimum absolute atomic E-state index is 0.0593. The summed E-state index contributed by atoms with van der Waals surface area (Å²) < 4.78 is 0. The fourth-order valence-electron chi connectivity index (χ4n) is 13.6. The zero-order chi connectivity index (χ0) is 48.6. The molecular formula is C73H66. The third kappa shape index (κ3) is 9.05. The van der Waals surface area contributed by atoms with E-state index < -0.39 is 0 Å². The third-order valence-corrected chi connectivity index (χ3v) is 17.9. The van der Waals surface area contributed by atoms with E-state index in [4.69, 9.17) is 0 Å². The Hall–Kier alpha value is -7.28. The van der Waals surface area contributed by atoms with Crippen LogP contribution in [-0.2, 0) is 10.8 Å². The van der Waals surface area contributed by atoms with Gasteiger partial charge in [-0.15, -0.1) is 0 Å². The molecule has 3 saturated carbocycles. The van der Waals surface area contributed by atoms with E-state index in [0.29, 0.717) is 23.7 Å². The van der Waals surface area contributed by atoms with Gasteiger partial charge in [-0.1, -0.05) is 272 Å². The number of fused-ring (bicyclic) bond motifs is 3. The molecule has 0 spiro atoms. The Morgan fingerprint density at radius 1 is 0.575 bits per heavy atom. The summed E-state index contributed by atoms with van der Waals surface area (Å²) in [6, 6.07) is 52.7. The van der Waals surface area contributed by atoms with Crippen LogP contribution in [0.15, 0.2) is 294 Å². The fourth-order valence-corrected chi connectivity index (χ4v) is 13.6.